The van der Waals surface area contributed by atoms with Crippen LogP contribution < -0.4 is 5.32 Å². The molecule has 2 aromatic carbocycles. The highest BCUT2D eigenvalue weighted by Crippen LogP contribution is 2.29. The average Bonchev–Trinajstić information content (AvgIpc) is 3.04. The van der Waals surface area contributed by atoms with Crippen molar-refractivity contribution in [1.82, 2.24) is 5.32 Å². The molecule has 1 saturated heterocycles. The molecular weight excluding hydrogens is 314 g/mol. The zero-order chi connectivity index (χ0) is 17.6. The summed E-state index contributed by atoms with van der Waals surface area (Å²) in [7, 11) is 0. The monoisotopic (exact) mass is 337 g/mol. The van der Waals surface area contributed by atoms with Gasteiger partial charge in [-0.2, -0.15) is 0 Å². The lowest BCUT2D eigenvalue weighted by molar-refractivity contribution is -0.141. The molecule has 2 atom stereocenters. The molecular formula is C21H23NO3. The third-order valence-corrected chi connectivity index (χ3v) is 4.67. The van der Waals surface area contributed by atoms with E-state index in [2.05, 4.69) is 5.32 Å². The Kier molecular flexibility index (Phi) is 5.49. The van der Waals surface area contributed by atoms with Crippen molar-refractivity contribution in [1.29, 1.82) is 0 Å². The molecule has 0 bridgehead atoms. The summed E-state index contributed by atoms with van der Waals surface area (Å²) in [5.41, 5.74) is 3.14. The average molecular weight is 337 g/mol. The molecule has 2 unspecified atom stereocenters. The van der Waals surface area contributed by atoms with E-state index in [1.807, 2.05) is 61.5 Å². The summed E-state index contributed by atoms with van der Waals surface area (Å²) in [5, 5.41) is 3.01. The van der Waals surface area contributed by atoms with Crippen molar-refractivity contribution in [3.05, 3.63) is 71.3 Å². The minimum absolute atomic E-state index is 0.0487. The molecule has 4 heteroatoms. The van der Waals surface area contributed by atoms with E-state index in [4.69, 9.17) is 4.74 Å². The maximum absolute atomic E-state index is 12.8. The maximum atomic E-state index is 12.8. The fourth-order valence-electron chi connectivity index (χ4n) is 3.14. The summed E-state index contributed by atoms with van der Waals surface area (Å²) in [4.78, 5) is 24.7. The number of aryl methyl sites for hydroxylation is 1. The van der Waals surface area contributed by atoms with Gasteiger partial charge in [-0.1, -0.05) is 60.2 Å². The van der Waals surface area contributed by atoms with E-state index >= 15 is 0 Å². The van der Waals surface area contributed by atoms with Crippen LogP contribution >= 0.6 is 0 Å². The first-order chi connectivity index (χ1) is 12.1. The van der Waals surface area contributed by atoms with Gasteiger partial charge < -0.3 is 10.1 Å². The van der Waals surface area contributed by atoms with Crippen molar-refractivity contribution in [2.45, 2.75) is 32.2 Å². The summed E-state index contributed by atoms with van der Waals surface area (Å²) >= 11 is 0. The molecule has 0 radical (unpaired) electrons. The predicted octanol–water partition coefficient (Wildman–Crippen LogP) is 3.35. The number of esters is 1. The Balaban J connectivity index is 1.73. The number of hydrogen-bond acceptors (Lipinski definition) is 3. The lowest BCUT2D eigenvalue weighted by Gasteiger charge is -2.19. The van der Waals surface area contributed by atoms with Gasteiger partial charge in [0.2, 0.25) is 5.91 Å². The number of hydrogen-bond donors (Lipinski definition) is 1. The Morgan fingerprint density at radius 3 is 2.52 bits per heavy atom. The highest BCUT2D eigenvalue weighted by molar-refractivity contribution is 5.85. The number of cyclic esters (lactones) is 1. The first-order valence-corrected chi connectivity index (χ1v) is 8.68. The van der Waals surface area contributed by atoms with Crippen LogP contribution in [-0.4, -0.2) is 18.5 Å². The lowest BCUT2D eigenvalue weighted by atomic mass is 9.87. The van der Waals surface area contributed by atoms with E-state index in [0.29, 0.717) is 26.0 Å². The van der Waals surface area contributed by atoms with E-state index in [-0.39, 0.29) is 23.7 Å². The van der Waals surface area contributed by atoms with E-state index in [9.17, 15) is 9.59 Å². The fourth-order valence-corrected chi connectivity index (χ4v) is 3.14. The quantitative estimate of drug-likeness (QED) is 0.823. The highest BCUT2D eigenvalue weighted by Gasteiger charge is 2.32. The van der Waals surface area contributed by atoms with Crippen LogP contribution in [0.1, 0.15) is 35.4 Å². The molecule has 1 aliphatic heterocycles. The van der Waals surface area contributed by atoms with Crippen molar-refractivity contribution >= 4 is 11.9 Å². The van der Waals surface area contributed by atoms with Crippen LogP contribution in [0.15, 0.2) is 54.6 Å². The van der Waals surface area contributed by atoms with Crippen LogP contribution in [0, 0.1) is 12.8 Å². The second-order valence-electron chi connectivity index (χ2n) is 6.56. The molecule has 0 aromatic heterocycles. The molecule has 0 saturated carbocycles. The number of ether oxygens (including phenoxy) is 1. The number of carbonyl (C=O) groups excluding carboxylic acids is 2. The summed E-state index contributed by atoms with van der Waals surface area (Å²) < 4.78 is 5.06. The van der Waals surface area contributed by atoms with Crippen LogP contribution in [0.5, 0.6) is 0 Å². The molecule has 130 valence electrons. The summed E-state index contributed by atoms with van der Waals surface area (Å²) in [6, 6.07) is 17.8. The van der Waals surface area contributed by atoms with Gasteiger partial charge in [-0.05, 0) is 30.9 Å². The van der Waals surface area contributed by atoms with Crippen LogP contribution in [0.2, 0.25) is 0 Å². The Morgan fingerprint density at radius 2 is 1.88 bits per heavy atom. The molecule has 1 N–H and O–H groups in total. The molecule has 0 aliphatic carbocycles. The van der Waals surface area contributed by atoms with Crippen molar-refractivity contribution in [2.75, 3.05) is 6.61 Å². The second kappa shape index (κ2) is 7.97. The normalized spacial score (nSPS) is 17.8. The molecule has 1 aliphatic rings. The summed E-state index contributed by atoms with van der Waals surface area (Å²) in [6.07, 6.45) is 1.18. The topological polar surface area (TPSA) is 55.4 Å². The number of benzene rings is 2. The smallest absolute Gasteiger partial charge is 0.309 e. The van der Waals surface area contributed by atoms with Gasteiger partial charge in [0, 0.05) is 6.54 Å². The van der Waals surface area contributed by atoms with Crippen LogP contribution in [0.4, 0.5) is 0 Å². The molecule has 0 spiro atoms. The molecule has 1 amide bonds. The van der Waals surface area contributed by atoms with Gasteiger partial charge in [0.15, 0.2) is 0 Å². The molecule has 1 fully saturated rings. The molecule has 2 aromatic rings. The van der Waals surface area contributed by atoms with Gasteiger partial charge >= 0.3 is 5.97 Å². The molecule has 1 heterocycles. The number of rotatable bonds is 6. The Labute approximate surface area is 148 Å². The summed E-state index contributed by atoms with van der Waals surface area (Å²) in [5.74, 6) is -0.783. The predicted molar refractivity (Wildman–Crippen MR) is 95.9 cm³/mol. The minimum atomic E-state index is -0.347. The van der Waals surface area contributed by atoms with Crippen molar-refractivity contribution in [3.63, 3.8) is 0 Å². The van der Waals surface area contributed by atoms with Gasteiger partial charge in [0.25, 0.3) is 0 Å². The summed E-state index contributed by atoms with van der Waals surface area (Å²) in [6.45, 7) is 2.95. The third kappa shape index (κ3) is 4.47. The van der Waals surface area contributed by atoms with Gasteiger partial charge in [-0.3, -0.25) is 9.59 Å². The first kappa shape index (κ1) is 17.2. The van der Waals surface area contributed by atoms with Gasteiger partial charge in [0.05, 0.1) is 18.4 Å². The minimum Gasteiger partial charge on any atom is -0.465 e. The van der Waals surface area contributed by atoms with Crippen LogP contribution in [0.25, 0.3) is 0 Å². The Bertz CT molecular complexity index is 725. The largest absolute Gasteiger partial charge is 0.465 e. The van der Waals surface area contributed by atoms with E-state index in [0.717, 1.165) is 16.7 Å². The van der Waals surface area contributed by atoms with Gasteiger partial charge in [-0.25, -0.2) is 0 Å². The highest BCUT2D eigenvalue weighted by atomic mass is 16.5. The van der Waals surface area contributed by atoms with Crippen LogP contribution in [-0.2, 0) is 20.9 Å². The van der Waals surface area contributed by atoms with E-state index < -0.39 is 0 Å². The second-order valence-corrected chi connectivity index (χ2v) is 6.56. The first-order valence-electron chi connectivity index (χ1n) is 8.68. The molecule has 25 heavy (non-hydrogen) atoms. The standard InChI is InChI=1S/C21H23NO3/c1-15-7-9-17(10-8-15)19(13-18-11-12-25-21(18)24)20(23)22-14-16-5-3-2-4-6-16/h2-10,18-19H,11-14H2,1H3,(H,22,23). The zero-order valence-electron chi connectivity index (χ0n) is 14.4. The van der Waals surface area contributed by atoms with Crippen LogP contribution in [0.3, 0.4) is 0 Å². The van der Waals surface area contributed by atoms with Gasteiger partial charge in [-0.15, -0.1) is 0 Å². The number of nitrogens with one attached hydrogen (secondary N) is 1. The SMILES string of the molecule is Cc1ccc(C(CC2CCOC2=O)C(=O)NCc2ccccc2)cc1. The number of carbonyl (C=O) groups is 2. The van der Waals surface area contributed by atoms with Gasteiger partial charge in [0.1, 0.15) is 0 Å². The Morgan fingerprint density at radius 1 is 1.16 bits per heavy atom. The fraction of sp³-hybridized carbons (Fsp3) is 0.333. The van der Waals surface area contributed by atoms with Crippen molar-refractivity contribution in [3.8, 4) is 0 Å². The van der Waals surface area contributed by atoms with Crippen molar-refractivity contribution in [2.24, 2.45) is 5.92 Å². The zero-order valence-corrected chi connectivity index (χ0v) is 14.4. The molecule has 4 nitrogen and oxygen atoms in total. The maximum Gasteiger partial charge on any atom is 0.309 e. The van der Waals surface area contributed by atoms with E-state index in [1.54, 1.807) is 0 Å². The lowest BCUT2D eigenvalue weighted by Crippen LogP contribution is -2.31. The molecule has 3 rings (SSSR count). The number of amides is 1. The Hall–Kier alpha value is -2.62. The third-order valence-electron chi connectivity index (χ3n) is 4.67. The van der Waals surface area contributed by atoms with E-state index in [1.165, 1.54) is 0 Å². The van der Waals surface area contributed by atoms with Crippen molar-refractivity contribution < 1.29 is 14.3 Å².